The van der Waals surface area contributed by atoms with E-state index < -0.39 is 12.3 Å². The number of carboxylic acid groups (broad SMARTS) is 1. The van der Waals surface area contributed by atoms with Gasteiger partial charge < -0.3 is 25.0 Å². The average Bonchev–Trinajstić information content (AvgIpc) is 3.12. The molecule has 1 aliphatic heterocycles. The predicted octanol–water partition coefficient (Wildman–Crippen LogP) is 7.56. The Kier molecular flexibility index (Phi) is 13.5. The highest BCUT2D eigenvalue weighted by Gasteiger charge is 2.32. The first-order valence-electron chi connectivity index (χ1n) is 17.3. The lowest BCUT2D eigenvalue weighted by Crippen LogP contribution is -2.37. The summed E-state index contributed by atoms with van der Waals surface area (Å²) in [6.45, 7) is 2.05. The maximum Gasteiger partial charge on any atom is 0.303 e. The minimum atomic E-state index is -0.772. The number of carbonyl (C=O) groups excluding carboxylic acids is 1. The monoisotopic (exact) mass is 664 g/mol. The van der Waals surface area contributed by atoms with Gasteiger partial charge in [0.1, 0.15) is 0 Å². The predicted molar refractivity (Wildman–Crippen MR) is 190 cm³/mol. The summed E-state index contributed by atoms with van der Waals surface area (Å²) in [7, 11) is 2.12. The molecule has 258 valence electrons. The van der Waals surface area contributed by atoms with Gasteiger partial charge in [-0.3, -0.25) is 14.5 Å². The number of benzene rings is 4. The minimum absolute atomic E-state index is 0.00710. The summed E-state index contributed by atoms with van der Waals surface area (Å²) in [5.41, 5.74) is 7.28. The van der Waals surface area contributed by atoms with Gasteiger partial charge >= 0.3 is 5.97 Å². The molecule has 0 aliphatic carbocycles. The standard InChI is InChI=1S/C41H48N2O6/c1-43(27-30-10-5-4-6-11-30)28-37-25-38(34-18-16-31(29-44)17-19-34)49-41(48-37)35-22-20-33(21-23-35)36-13-9-12-32(24-36)26-42-39(45)14-7-2-3-8-15-40(46)47/h4-6,9-13,16-24,37-38,41,44H,2-3,7-8,14-15,25-29H2,1H3,(H,42,45)(H,46,47)/t37-,38+,41+/m1/s1. The summed E-state index contributed by atoms with van der Waals surface area (Å²) in [5.74, 6) is -0.765. The number of aliphatic hydroxyl groups is 1. The number of ether oxygens (including phenoxy) is 2. The number of aliphatic hydroxyl groups excluding tert-OH is 1. The van der Waals surface area contributed by atoms with Crippen LogP contribution in [-0.4, -0.2) is 46.7 Å². The van der Waals surface area contributed by atoms with E-state index in [1.165, 1.54) is 5.56 Å². The smallest absolute Gasteiger partial charge is 0.303 e. The van der Waals surface area contributed by atoms with E-state index in [1.54, 1.807) is 0 Å². The zero-order chi connectivity index (χ0) is 34.4. The number of carboxylic acids is 1. The van der Waals surface area contributed by atoms with Crippen molar-refractivity contribution in [1.29, 1.82) is 0 Å². The Morgan fingerprint density at radius 3 is 2.16 bits per heavy atom. The number of amides is 1. The molecule has 5 rings (SSSR count). The van der Waals surface area contributed by atoms with Gasteiger partial charge in [0.2, 0.25) is 5.91 Å². The quantitative estimate of drug-likeness (QED) is 0.100. The summed E-state index contributed by atoms with van der Waals surface area (Å²) >= 11 is 0. The van der Waals surface area contributed by atoms with Gasteiger partial charge in [0.15, 0.2) is 6.29 Å². The molecule has 0 spiro atoms. The fraction of sp³-hybridized carbons (Fsp3) is 0.366. The van der Waals surface area contributed by atoms with Crippen LogP contribution < -0.4 is 5.32 Å². The normalized spacial score (nSPS) is 17.6. The molecule has 4 aromatic rings. The largest absolute Gasteiger partial charge is 0.481 e. The molecule has 1 heterocycles. The summed E-state index contributed by atoms with van der Waals surface area (Å²) < 4.78 is 13.2. The number of hydrogen-bond donors (Lipinski definition) is 3. The Morgan fingerprint density at radius 1 is 0.755 bits per heavy atom. The third-order valence-electron chi connectivity index (χ3n) is 8.90. The first-order valence-corrected chi connectivity index (χ1v) is 17.3. The van der Waals surface area contributed by atoms with Crippen molar-refractivity contribution >= 4 is 11.9 Å². The molecule has 4 aromatic carbocycles. The number of rotatable bonds is 17. The van der Waals surface area contributed by atoms with Crippen molar-refractivity contribution in [3.8, 4) is 11.1 Å². The number of nitrogens with zero attached hydrogens (tertiary/aromatic N) is 1. The lowest BCUT2D eigenvalue weighted by molar-refractivity contribution is -0.252. The molecule has 0 aromatic heterocycles. The van der Waals surface area contributed by atoms with Crippen molar-refractivity contribution in [2.24, 2.45) is 0 Å². The van der Waals surface area contributed by atoms with Crippen LogP contribution in [-0.2, 0) is 38.8 Å². The Hall–Kier alpha value is -4.34. The maximum absolute atomic E-state index is 12.4. The van der Waals surface area contributed by atoms with Crippen molar-refractivity contribution in [3.63, 3.8) is 0 Å². The summed E-state index contributed by atoms with van der Waals surface area (Å²) in [5, 5.41) is 21.3. The van der Waals surface area contributed by atoms with E-state index in [9.17, 15) is 14.7 Å². The van der Waals surface area contributed by atoms with Crippen molar-refractivity contribution < 1.29 is 29.3 Å². The molecule has 0 saturated carbocycles. The molecule has 3 N–H and O–H groups in total. The van der Waals surface area contributed by atoms with Gasteiger partial charge in [-0.15, -0.1) is 0 Å². The van der Waals surface area contributed by atoms with E-state index >= 15 is 0 Å². The zero-order valence-corrected chi connectivity index (χ0v) is 28.3. The molecule has 8 heteroatoms. The van der Waals surface area contributed by atoms with E-state index in [0.29, 0.717) is 19.4 Å². The zero-order valence-electron chi connectivity index (χ0n) is 28.3. The first kappa shape index (κ1) is 36.0. The fourth-order valence-electron chi connectivity index (χ4n) is 6.24. The molecule has 3 atom stereocenters. The summed E-state index contributed by atoms with van der Waals surface area (Å²) in [6.07, 6.45) is 3.72. The topological polar surface area (TPSA) is 108 Å². The molecule has 8 nitrogen and oxygen atoms in total. The van der Waals surface area contributed by atoms with E-state index in [-0.39, 0.29) is 31.1 Å². The second-order valence-electron chi connectivity index (χ2n) is 12.9. The van der Waals surface area contributed by atoms with Crippen molar-refractivity contribution in [1.82, 2.24) is 10.2 Å². The van der Waals surface area contributed by atoms with Gasteiger partial charge in [-0.1, -0.05) is 110 Å². The Bertz CT molecular complexity index is 1610. The molecule has 1 saturated heterocycles. The van der Waals surface area contributed by atoms with Crippen LogP contribution in [0.2, 0.25) is 0 Å². The third-order valence-corrected chi connectivity index (χ3v) is 8.90. The number of hydrogen-bond acceptors (Lipinski definition) is 6. The van der Waals surface area contributed by atoms with E-state index in [2.05, 4.69) is 77.9 Å². The average molecular weight is 665 g/mol. The molecule has 0 bridgehead atoms. The summed E-state index contributed by atoms with van der Waals surface area (Å²) in [4.78, 5) is 25.3. The lowest BCUT2D eigenvalue weighted by atomic mass is 9.99. The number of unbranched alkanes of at least 4 members (excludes halogenated alkanes) is 3. The highest BCUT2D eigenvalue weighted by atomic mass is 16.7. The molecule has 0 radical (unpaired) electrons. The van der Waals surface area contributed by atoms with E-state index in [1.807, 2.05) is 42.5 Å². The van der Waals surface area contributed by atoms with Gasteiger partial charge in [-0.2, -0.15) is 0 Å². The first-order chi connectivity index (χ1) is 23.9. The highest BCUT2D eigenvalue weighted by molar-refractivity contribution is 5.76. The van der Waals surface area contributed by atoms with Gasteiger partial charge in [0, 0.05) is 44.5 Å². The van der Waals surface area contributed by atoms with Gasteiger partial charge in [0.25, 0.3) is 0 Å². The van der Waals surface area contributed by atoms with Gasteiger partial charge in [0.05, 0.1) is 18.8 Å². The lowest BCUT2D eigenvalue weighted by Gasteiger charge is -2.38. The minimum Gasteiger partial charge on any atom is -0.481 e. The molecular formula is C41H48N2O6. The van der Waals surface area contributed by atoms with Crippen LogP contribution in [0.4, 0.5) is 0 Å². The van der Waals surface area contributed by atoms with Crippen LogP contribution in [0.15, 0.2) is 103 Å². The van der Waals surface area contributed by atoms with Crippen molar-refractivity contribution in [3.05, 3.63) is 131 Å². The maximum atomic E-state index is 12.4. The molecule has 1 aliphatic rings. The van der Waals surface area contributed by atoms with Crippen molar-refractivity contribution in [2.45, 2.75) is 83.1 Å². The van der Waals surface area contributed by atoms with Crippen LogP contribution in [0, 0.1) is 0 Å². The van der Waals surface area contributed by atoms with Crippen molar-refractivity contribution in [2.75, 3.05) is 13.6 Å². The molecule has 1 amide bonds. The van der Waals surface area contributed by atoms with Gasteiger partial charge in [-0.25, -0.2) is 0 Å². The van der Waals surface area contributed by atoms with Crippen LogP contribution in [0.5, 0.6) is 0 Å². The van der Waals surface area contributed by atoms with Crippen LogP contribution in [0.3, 0.4) is 0 Å². The molecule has 1 fully saturated rings. The SMILES string of the molecule is CN(Cc1ccccc1)C[C@H]1C[C@@H](c2ccc(CO)cc2)O[C@@H](c2ccc(-c3cccc(CNC(=O)CCCCCCC(=O)O)c3)cc2)O1. The van der Waals surface area contributed by atoms with E-state index in [4.69, 9.17) is 14.6 Å². The third kappa shape index (κ3) is 11.4. The van der Waals surface area contributed by atoms with Crippen LogP contribution >= 0.6 is 0 Å². The second-order valence-corrected chi connectivity index (χ2v) is 12.9. The van der Waals surface area contributed by atoms with Crippen LogP contribution in [0.1, 0.15) is 85.2 Å². The number of nitrogens with one attached hydrogen (secondary N) is 1. The van der Waals surface area contributed by atoms with E-state index in [0.717, 1.165) is 72.2 Å². The van der Waals surface area contributed by atoms with Gasteiger partial charge in [-0.05, 0) is 59.3 Å². The van der Waals surface area contributed by atoms with Crippen LogP contribution in [0.25, 0.3) is 11.1 Å². The Balaban J connectivity index is 1.20. The Labute approximate surface area is 289 Å². The number of likely N-dealkylation sites (N-methyl/N-ethyl adjacent to an activating group) is 1. The number of carbonyl (C=O) groups is 2. The number of aliphatic carboxylic acids is 1. The molecule has 49 heavy (non-hydrogen) atoms. The molecule has 0 unspecified atom stereocenters. The Morgan fingerprint density at radius 2 is 1.45 bits per heavy atom. The second kappa shape index (κ2) is 18.4. The molecular weight excluding hydrogens is 616 g/mol. The fourth-order valence-corrected chi connectivity index (χ4v) is 6.24. The highest BCUT2D eigenvalue weighted by Crippen LogP contribution is 2.38. The summed E-state index contributed by atoms with van der Waals surface area (Å²) in [6, 6.07) is 34.9.